The second kappa shape index (κ2) is 8.78. The van der Waals surface area contributed by atoms with E-state index >= 15 is 0 Å². The Kier molecular flexibility index (Phi) is 6.19. The van der Waals surface area contributed by atoms with Gasteiger partial charge in [-0.15, -0.1) is 0 Å². The second-order valence-electron chi connectivity index (χ2n) is 7.17. The smallest absolute Gasteiger partial charge is 0.253 e. The lowest BCUT2D eigenvalue weighted by Crippen LogP contribution is -2.32. The van der Waals surface area contributed by atoms with Gasteiger partial charge in [-0.2, -0.15) is 0 Å². The minimum absolute atomic E-state index is 0.00527. The zero-order chi connectivity index (χ0) is 20.1. The van der Waals surface area contributed by atoms with E-state index in [1.807, 2.05) is 44.2 Å². The molecule has 0 aliphatic carbocycles. The number of carbonyl (C=O) groups excluding carboxylic acids is 2. The van der Waals surface area contributed by atoms with Crippen molar-refractivity contribution in [2.75, 3.05) is 13.8 Å². The molecule has 1 aliphatic rings. The molecule has 6 nitrogen and oxygen atoms in total. The van der Waals surface area contributed by atoms with Gasteiger partial charge in [0.25, 0.3) is 5.91 Å². The van der Waals surface area contributed by atoms with E-state index in [1.165, 1.54) is 0 Å². The highest BCUT2D eigenvalue weighted by Crippen LogP contribution is 2.32. The monoisotopic (exact) mass is 382 g/mol. The summed E-state index contributed by atoms with van der Waals surface area (Å²) in [7, 11) is 1.79. The van der Waals surface area contributed by atoms with Gasteiger partial charge in [0.2, 0.25) is 12.7 Å². The minimum atomic E-state index is -0.0163. The molecule has 1 heterocycles. The molecular formula is C22H26N2O4. The van der Waals surface area contributed by atoms with E-state index in [9.17, 15) is 9.59 Å². The fraction of sp³-hybridized carbons (Fsp3) is 0.364. The Morgan fingerprint density at radius 1 is 1.04 bits per heavy atom. The number of aryl methyl sites for hydroxylation is 1. The zero-order valence-electron chi connectivity index (χ0n) is 16.5. The van der Waals surface area contributed by atoms with Crippen molar-refractivity contribution < 1.29 is 19.1 Å². The van der Waals surface area contributed by atoms with Gasteiger partial charge in [-0.1, -0.05) is 18.2 Å². The topological polar surface area (TPSA) is 67.9 Å². The van der Waals surface area contributed by atoms with Crippen molar-refractivity contribution in [1.82, 2.24) is 10.2 Å². The third-order valence-corrected chi connectivity index (χ3v) is 4.86. The lowest BCUT2D eigenvalue weighted by molar-refractivity contribution is -0.121. The number of carbonyl (C=O) groups is 2. The molecule has 2 aromatic carbocycles. The van der Waals surface area contributed by atoms with Gasteiger partial charge in [0.05, 0.1) is 0 Å². The van der Waals surface area contributed by atoms with Crippen LogP contribution >= 0.6 is 0 Å². The molecule has 0 spiro atoms. The Morgan fingerprint density at radius 2 is 1.71 bits per heavy atom. The Labute approximate surface area is 165 Å². The lowest BCUT2D eigenvalue weighted by Gasteiger charge is -2.21. The molecule has 0 radical (unpaired) electrons. The molecule has 0 unspecified atom stereocenters. The number of rotatable bonds is 7. The van der Waals surface area contributed by atoms with E-state index in [1.54, 1.807) is 24.1 Å². The fourth-order valence-corrected chi connectivity index (χ4v) is 2.85. The van der Waals surface area contributed by atoms with Crippen molar-refractivity contribution in [3.05, 3.63) is 59.2 Å². The predicted octanol–water partition coefficient (Wildman–Crippen LogP) is 3.14. The first kappa shape index (κ1) is 19.7. The molecule has 1 N–H and O–H groups in total. The normalized spacial score (nSPS) is 12.1. The largest absolute Gasteiger partial charge is 0.454 e. The van der Waals surface area contributed by atoms with E-state index < -0.39 is 0 Å². The molecule has 0 fully saturated rings. The van der Waals surface area contributed by atoms with Crippen LogP contribution < -0.4 is 14.8 Å². The van der Waals surface area contributed by atoms with Gasteiger partial charge in [-0.25, -0.2) is 0 Å². The highest BCUT2D eigenvalue weighted by molar-refractivity contribution is 5.94. The summed E-state index contributed by atoms with van der Waals surface area (Å²) in [5.74, 6) is 1.46. The summed E-state index contributed by atoms with van der Waals surface area (Å²) in [5, 5.41) is 2.92. The summed E-state index contributed by atoms with van der Waals surface area (Å²) < 4.78 is 10.6. The number of nitrogens with one attached hydrogen (secondary N) is 1. The zero-order valence-corrected chi connectivity index (χ0v) is 16.5. The summed E-state index contributed by atoms with van der Waals surface area (Å²) in [4.78, 5) is 26.1. The summed E-state index contributed by atoms with van der Waals surface area (Å²) in [5.41, 5.74) is 2.64. The van der Waals surface area contributed by atoms with Gasteiger partial charge in [0, 0.05) is 31.6 Å². The standard InChI is InChI=1S/C22H26N2O4/c1-15(2)24(3)22(26)18-8-4-17(5-9-18)13-23-21(25)11-7-16-6-10-19-20(12-16)28-14-27-19/h4-6,8-10,12,15H,7,11,13-14H2,1-3H3,(H,23,25). The van der Waals surface area contributed by atoms with Crippen LogP contribution in [0.25, 0.3) is 0 Å². The van der Waals surface area contributed by atoms with Crippen LogP contribution in [0.1, 0.15) is 41.8 Å². The molecular weight excluding hydrogens is 356 g/mol. The number of ether oxygens (including phenoxy) is 2. The maximum atomic E-state index is 12.3. The number of hydrogen-bond donors (Lipinski definition) is 1. The molecule has 6 heteroatoms. The van der Waals surface area contributed by atoms with Gasteiger partial charge in [0.1, 0.15) is 0 Å². The van der Waals surface area contributed by atoms with Crippen LogP contribution in [0.4, 0.5) is 0 Å². The first-order valence-corrected chi connectivity index (χ1v) is 9.45. The van der Waals surface area contributed by atoms with E-state index in [0.717, 1.165) is 22.6 Å². The summed E-state index contributed by atoms with van der Waals surface area (Å²) in [6.07, 6.45) is 1.03. The number of amides is 2. The Bertz CT molecular complexity index is 846. The number of fused-ring (bicyclic) bond motifs is 1. The maximum Gasteiger partial charge on any atom is 0.253 e. The Morgan fingerprint density at radius 3 is 2.43 bits per heavy atom. The highest BCUT2D eigenvalue weighted by Gasteiger charge is 2.15. The molecule has 0 aromatic heterocycles. The number of nitrogens with zero attached hydrogens (tertiary/aromatic N) is 1. The molecule has 0 atom stereocenters. The van der Waals surface area contributed by atoms with Crippen molar-refractivity contribution in [1.29, 1.82) is 0 Å². The van der Waals surface area contributed by atoms with Crippen LogP contribution in [0.15, 0.2) is 42.5 Å². The first-order chi connectivity index (χ1) is 13.4. The molecule has 2 amide bonds. The maximum absolute atomic E-state index is 12.3. The van der Waals surface area contributed by atoms with Crippen LogP contribution in [0.5, 0.6) is 11.5 Å². The first-order valence-electron chi connectivity index (χ1n) is 9.45. The van der Waals surface area contributed by atoms with Crippen LogP contribution in [-0.4, -0.2) is 36.6 Å². The SMILES string of the molecule is CC(C)N(C)C(=O)c1ccc(CNC(=O)CCc2ccc3c(c2)OCO3)cc1. The molecule has 0 bridgehead atoms. The van der Waals surface area contributed by atoms with E-state index in [4.69, 9.17) is 9.47 Å². The summed E-state index contributed by atoms with van der Waals surface area (Å²) >= 11 is 0. The molecule has 0 saturated carbocycles. The van der Waals surface area contributed by atoms with Crippen molar-refractivity contribution in [2.45, 2.75) is 39.3 Å². The van der Waals surface area contributed by atoms with E-state index in [-0.39, 0.29) is 24.6 Å². The molecule has 1 aliphatic heterocycles. The van der Waals surface area contributed by atoms with E-state index in [2.05, 4.69) is 5.32 Å². The summed E-state index contributed by atoms with van der Waals surface area (Å²) in [6, 6.07) is 13.2. The van der Waals surface area contributed by atoms with Crippen LogP contribution in [0.2, 0.25) is 0 Å². The summed E-state index contributed by atoms with van der Waals surface area (Å²) in [6.45, 7) is 4.64. The average Bonchev–Trinajstić information content (AvgIpc) is 3.17. The van der Waals surface area contributed by atoms with Crippen LogP contribution in [0, 0.1) is 0 Å². The Balaban J connectivity index is 1.46. The van der Waals surface area contributed by atoms with Gasteiger partial charge in [-0.3, -0.25) is 9.59 Å². The minimum Gasteiger partial charge on any atom is -0.454 e. The lowest BCUT2D eigenvalue weighted by atomic mass is 10.1. The molecule has 28 heavy (non-hydrogen) atoms. The van der Waals surface area contributed by atoms with Gasteiger partial charge >= 0.3 is 0 Å². The molecule has 0 saturated heterocycles. The van der Waals surface area contributed by atoms with Gasteiger partial charge in [-0.05, 0) is 55.7 Å². The van der Waals surface area contributed by atoms with Crippen LogP contribution in [0.3, 0.4) is 0 Å². The third kappa shape index (κ3) is 4.82. The number of hydrogen-bond acceptors (Lipinski definition) is 4. The predicted molar refractivity (Wildman–Crippen MR) is 106 cm³/mol. The highest BCUT2D eigenvalue weighted by atomic mass is 16.7. The molecule has 2 aromatic rings. The van der Waals surface area contributed by atoms with Crippen molar-refractivity contribution >= 4 is 11.8 Å². The van der Waals surface area contributed by atoms with E-state index in [0.29, 0.717) is 24.9 Å². The van der Waals surface area contributed by atoms with Gasteiger partial charge < -0.3 is 19.7 Å². The van der Waals surface area contributed by atoms with Crippen molar-refractivity contribution in [2.24, 2.45) is 0 Å². The van der Waals surface area contributed by atoms with Crippen molar-refractivity contribution in [3.8, 4) is 11.5 Å². The third-order valence-electron chi connectivity index (χ3n) is 4.86. The molecule has 3 rings (SSSR count). The Hall–Kier alpha value is -3.02. The average molecular weight is 382 g/mol. The second-order valence-corrected chi connectivity index (χ2v) is 7.17. The van der Waals surface area contributed by atoms with Gasteiger partial charge in [0.15, 0.2) is 11.5 Å². The van der Waals surface area contributed by atoms with Crippen molar-refractivity contribution in [3.63, 3.8) is 0 Å². The fourth-order valence-electron chi connectivity index (χ4n) is 2.85. The van der Waals surface area contributed by atoms with Crippen LogP contribution in [-0.2, 0) is 17.8 Å². The number of benzene rings is 2. The quantitative estimate of drug-likeness (QED) is 0.799. The molecule has 148 valence electrons.